The van der Waals surface area contributed by atoms with Gasteiger partial charge in [-0.25, -0.2) is 0 Å². The van der Waals surface area contributed by atoms with Crippen LogP contribution in [0.5, 0.6) is 5.75 Å². The van der Waals surface area contributed by atoms with E-state index in [0.717, 1.165) is 16.9 Å². The van der Waals surface area contributed by atoms with Crippen molar-refractivity contribution in [2.45, 2.75) is 6.54 Å². The Morgan fingerprint density at radius 3 is 2.44 bits per heavy atom. The highest BCUT2D eigenvalue weighted by molar-refractivity contribution is 5.60. The van der Waals surface area contributed by atoms with Gasteiger partial charge in [-0.3, -0.25) is 0 Å². The Bertz CT molecular complexity index is 466. The molecule has 0 amide bonds. The lowest BCUT2D eigenvalue weighted by atomic mass is 10.2. The Kier molecular flexibility index (Phi) is 3.08. The summed E-state index contributed by atoms with van der Waals surface area (Å²) in [6.45, 7) is 0.533. The van der Waals surface area contributed by atoms with Crippen molar-refractivity contribution in [1.29, 1.82) is 0 Å². The van der Waals surface area contributed by atoms with E-state index in [1.807, 2.05) is 36.4 Å². The van der Waals surface area contributed by atoms with Gasteiger partial charge in [-0.15, -0.1) is 0 Å². The fraction of sp³-hybridized carbons (Fsp3) is 0.0769. The summed E-state index contributed by atoms with van der Waals surface area (Å²) in [5.74, 6) is 0.265. The first-order chi connectivity index (χ1) is 7.78. The molecule has 0 saturated heterocycles. The number of benzene rings is 2. The first-order valence-corrected chi connectivity index (χ1v) is 5.13. The molecule has 0 aliphatic carbocycles. The quantitative estimate of drug-likeness (QED) is 0.688. The number of hydrogen-bond donors (Lipinski definition) is 3. The zero-order valence-electron chi connectivity index (χ0n) is 8.85. The van der Waals surface area contributed by atoms with Gasteiger partial charge in [0, 0.05) is 17.9 Å². The van der Waals surface area contributed by atoms with Crippen molar-refractivity contribution >= 4 is 11.4 Å². The second-order valence-electron chi connectivity index (χ2n) is 3.58. The molecule has 0 aliphatic heterocycles. The Morgan fingerprint density at radius 1 is 1.00 bits per heavy atom. The summed E-state index contributed by atoms with van der Waals surface area (Å²) in [7, 11) is 0. The van der Waals surface area contributed by atoms with Gasteiger partial charge in [0.1, 0.15) is 5.75 Å². The van der Waals surface area contributed by atoms with Crippen LogP contribution in [0.15, 0.2) is 48.5 Å². The van der Waals surface area contributed by atoms with Crippen LogP contribution in [-0.4, -0.2) is 5.11 Å². The molecule has 0 heterocycles. The monoisotopic (exact) mass is 214 g/mol. The highest BCUT2D eigenvalue weighted by Crippen LogP contribution is 2.19. The van der Waals surface area contributed by atoms with E-state index in [0.29, 0.717) is 6.54 Å². The molecule has 0 radical (unpaired) electrons. The van der Waals surface area contributed by atoms with Crippen LogP contribution in [0.25, 0.3) is 0 Å². The molecule has 0 spiro atoms. The fourth-order valence-electron chi connectivity index (χ4n) is 1.49. The fourth-order valence-corrected chi connectivity index (χ4v) is 1.49. The molecule has 2 aromatic carbocycles. The van der Waals surface area contributed by atoms with Crippen molar-refractivity contribution in [3.8, 4) is 5.75 Å². The third-order valence-corrected chi connectivity index (χ3v) is 2.32. The molecular formula is C13H14N2O. The van der Waals surface area contributed by atoms with Gasteiger partial charge < -0.3 is 16.2 Å². The smallest absolute Gasteiger partial charge is 0.115 e. The Labute approximate surface area is 94.5 Å². The summed E-state index contributed by atoms with van der Waals surface area (Å²) in [6, 6.07) is 14.9. The third-order valence-electron chi connectivity index (χ3n) is 2.32. The Balaban J connectivity index is 2.16. The van der Waals surface area contributed by atoms with Crippen LogP contribution >= 0.6 is 0 Å². The average Bonchev–Trinajstić information content (AvgIpc) is 2.32. The second kappa shape index (κ2) is 4.68. The first kappa shape index (κ1) is 10.5. The van der Waals surface area contributed by atoms with E-state index in [9.17, 15) is 0 Å². The number of nitrogens with two attached hydrogens (primary N) is 1. The minimum absolute atomic E-state index is 0.265. The highest BCUT2D eigenvalue weighted by Gasteiger charge is 1.96. The SMILES string of the molecule is NCc1cccc(Nc2ccc(O)cc2)c1. The van der Waals surface area contributed by atoms with Crippen molar-refractivity contribution in [2.24, 2.45) is 5.73 Å². The van der Waals surface area contributed by atoms with E-state index in [1.54, 1.807) is 12.1 Å². The maximum atomic E-state index is 9.16. The minimum atomic E-state index is 0.265. The minimum Gasteiger partial charge on any atom is -0.508 e. The summed E-state index contributed by atoms with van der Waals surface area (Å²) in [5, 5.41) is 12.4. The zero-order valence-corrected chi connectivity index (χ0v) is 8.85. The van der Waals surface area contributed by atoms with Gasteiger partial charge in [0.05, 0.1) is 0 Å². The molecule has 2 aromatic rings. The van der Waals surface area contributed by atoms with Crippen LogP contribution in [0.1, 0.15) is 5.56 Å². The number of aromatic hydroxyl groups is 1. The maximum absolute atomic E-state index is 9.16. The molecule has 0 aliphatic rings. The largest absolute Gasteiger partial charge is 0.508 e. The van der Waals surface area contributed by atoms with Crippen molar-refractivity contribution < 1.29 is 5.11 Å². The molecule has 82 valence electrons. The normalized spacial score (nSPS) is 10.1. The van der Waals surface area contributed by atoms with Crippen LogP contribution in [-0.2, 0) is 6.54 Å². The molecule has 0 aromatic heterocycles. The molecule has 4 N–H and O–H groups in total. The molecule has 0 unspecified atom stereocenters. The standard InChI is InChI=1S/C13H14N2O/c14-9-10-2-1-3-12(8-10)15-11-4-6-13(16)7-5-11/h1-8,15-16H,9,14H2. The van der Waals surface area contributed by atoms with Crippen LogP contribution in [0.3, 0.4) is 0 Å². The van der Waals surface area contributed by atoms with Gasteiger partial charge >= 0.3 is 0 Å². The van der Waals surface area contributed by atoms with Crippen LogP contribution < -0.4 is 11.1 Å². The van der Waals surface area contributed by atoms with Crippen molar-refractivity contribution in [2.75, 3.05) is 5.32 Å². The maximum Gasteiger partial charge on any atom is 0.115 e. The number of nitrogens with one attached hydrogen (secondary N) is 1. The van der Waals surface area contributed by atoms with Gasteiger partial charge in [0.15, 0.2) is 0 Å². The summed E-state index contributed by atoms with van der Waals surface area (Å²) in [5.41, 5.74) is 8.59. The van der Waals surface area contributed by atoms with Gasteiger partial charge in [0.2, 0.25) is 0 Å². The van der Waals surface area contributed by atoms with Gasteiger partial charge in [0.25, 0.3) is 0 Å². The predicted octanol–water partition coefficient (Wildman–Crippen LogP) is 2.59. The molecule has 0 atom stereocenters. The topological polar surface area (TPSA) is 58.3 Å². The lowest BCUT2D eigenvalue weighted by molar-refractivity contribution is 0.475. The predicted molar refractivity (Wildman–Crippen MR) is 65.7 cm³/mol. The lowest BCUT2D eigenvalue weighted by Gasteiger charge is -2.07. The van der Waals surface area contributed by atoms with Crippen LogP contribution in [0.4, 0.5) is 11.4 Å². The van der Waals surface area contributed by atoms with Crippen LogP contribution in [0.2, 0.25) is 0 Å². The molecule has 3 heteroatoms. The second-order valence-corrected chi connectivity index (χ2v) is 3.58. The van der Waals surface area contributed by atoms with Gasteiger partial charge in [-0.05, 0) is 42.0 Å². The molecule has 0 saturated carbocycles. The van der Waals surface area contributed by atoms with E-state index in [4.69, 9.17) is 10.8 Å². The average molecular weight is 214 g/mol. The zero-order chi connectivity index (χ0) is 11.4. The number of phenolic OH excluding ortho intramolecular Hbond substituents is 1. The Morgan fingerprint density at radius 2 is 1.75 bits per heavy atom. The molecule has 3 nitrogen and oxygen atoms in total. The van der Waals surface area contributed by atoms with E-state index in [2.05, 4.69) is 5.32 Å². The van der Waals surface area contributed by atoms with Gasteiger partial charge in [-0.1, -0.05) is 12.1 Å². The first-order valence-electron chi connectivity index (χ1n) is 5.13. The van der Waals surface area contributed by atoms with E-state index in [1.165, 1.54) is 0 Å². The summed E-state index contributed by atoms with van der Waals surface area (Å²) < 4.78 is 0. The van der Waals surface area contributed by atoms with E-state index in [-0.39, 0.29) is 5.75 Å². The molecule has 2 rings (SSSR count). The number of hydrogen-bond acceptors (Lipinski definition) is 3. The summed E-state index contributed by atoms with van der Waals surface area (Å²) in [6.07, 6.45) is 0. The van der Waals surface area contributed by atoms with Crippen LogP contribution in [0, 0.1) is 0 Å². The number of phenols is 1. The molecule has 0 bridgehead atoms. The lowest BCUT2D eigenvalue weighted by Crippen LogP contribution is -1.97. The summed E-state index contributed by atoms with van der Waals surface area (Å²) >= 11 is 0. The van der Waals surface area contributed by atoms with Crippen molar-refractivity contribution in [1.82, 2.24) is 0 Å². The van der Waals surface area contributed by atoms with Crippen molar-refractivity contribution in [3.63, 3.8) is 0 Å². The van der Waals surface area contributed by atoms with Gasteiger partial charge in [-0.2, -0.15) is 0 Å². The highest BCUT2D eigenvalue weighted by atomic mass is 16.3. The summed E-state index contributed by atoms with van der Waals surface area (Å²) in [4.78, 5) is 0. The Hall–Kier alpha value is -2.00. The number of anilines is 2. The van der Waals surface area contributed by atoms with E-state index < -0.39 is 0 Å². The number of rotatable bonds is 3. The van der Waals surface area contributed by atoms with Crippen molar-refractivity contribution in [3.05, 3.63) is 54.1 Å². The molecule has 16 heavy (non-hydrogen) atoms. The van der Waals surface area contributed by atoms with E-state index >= 15 is 0 Å². The third kappa shape index (κ3) is 2.52. The molecule has 0 fully saturated rings. The molecular weight excluding hydrogens is 200 g/mol.